The quantitative estimate of drug-likeness (QED) is 0.146. The third-order valence-corrected chi connectivity index (χ3v) is 11.8. The second-order valence-electron chi connectivity index (χ2n) is 15.8. The fraction of sp³-hybridized carbons (Fsp3) is 0. The molecular formula is C60H40N4. The molecule has 0 saturated carbocycles. The van der Waals surface area contributed by atoms with Gasteiger partial charge in [-0.25, -0.2) is 19.9 Å². The largest absolute Gasteiger partial charge is 0.228 e. The summed E-state index contributed by atoms with van der Waals surface area (Å²) in [5.41, 5.74) is 17.7. The van der Waals surface area contributed by atoms with Gasteiger partial charge in [0.1, 0.15) is 0 Å². The van der Waals surface area contributed by atoms with E-state index < -0.39 is 0 Å². The zero-order valence-electron chi connectivity index (χ0n) is 34.9. The van der Waals surface area contributed by atoms with Crippen LogP contribution in [0.4, 0.5) is 0 Å². The number of rotatable bonds is 9. The van der Waals surface area contributed by atoms with Crippen LogP contribution in [0.15, 0.2) is 243 Å². The lowest BCUT2D eigenvalue weighted by atomic mass is 9.82. The molecule has 0 N–H and O–H groups in total. The smallest absolute Gasteiger partial charge is 0.160 e. The molecule has 9 aromatic carbocycles. The standard InChI is InChI=1S/C60H40N4/c1-6-18-41(19-7-1)50-38-39-51(42-20-8-2-9-21-42)57(46-34-36-47(37-35-46)58-52-28-16-17-29-53(52)61-60(64-58)49-26-14-5-15-27-49)56(50)45-32-30-44(31-33-45)55-40-54(43-22-10-3-11-23-43)62-59(63-55)48-24-12-4-13-25-48/h1-40H. The number of hydrogen-bond donors (Lipinski definition) is 0. The first-order chi connectivity index (χ1) is 31.7. The Morgan fingerprint density at radius 2 is 0.594 bits per heavy atom. The Labute approximate surface area is 373 Å². The number of nitrogens with zero attached hydrogens (tertiary/aromatic N) is 4. The number of aromatic nitrogens is 4. The highest BCUT2D eigenvalue weighted by Gasteiger charge is 2.21. The first-order valence-corrected chi connectivity index (χ1v) is 21.6. The van der Waals surface area contributed by atoms with Gasteiger partial charge in [0.25, 0.3) is 0 Å². The fourth-order valence-electron chi connectivity index (χ4n) is 8.60. The normalized spacial score (nSPS) is 11.1. The Kier molecular flexibility index (Phi) is 10.2. The van der Waals surface area contributed by atoms with Crippen molar-refractivity contribution in [2.45, 2.75) is 0 Å². The van der Waals surface area contributed by atoms with Crippen molar-refractivity contribution in [2.75, 3.05) is 0 Å². The molecule has 11 aromatic rings. The van der Waals surface area contributed by atoms with Crippen LogP contribution in [0.2, 0.25) is 0 Å². The van der Waals surface area contributed by atoms with Gasteiger partial charge in [-0.3, -0.25) is 0 Å². The van der Waals surface area contributed by atoms with E-state index in [2.05, 4.69) is 182 Å². The van der Waals surface area contributed by atoms with Crippen LogP contribution in [0.25, 0.3) is 112 Å². The SMILES string of the molecule is c1ccc(-c2cc(-c3ccc(-c4c(-c5ccccc5)ccc(-c5ccccc5)c4-c4ccc(-c5nc(-c6ccccc6)nc6ccccc56)cc4)cc3)nc(-c3ccccc3)n2)cc1. The Morgan fingerprint density at radius 3 is 1.08 bits per heavy atom. The van der Waals surface area contributed by atoms with E-state index in [0.29, 0.717) is 11.6 Å². The van der Waals surface area contributed by atoms with Gasteiger partial charge in [0, 0.05) is 33.2 Å². The highest BCUT2D eigenvalue weighted by atomic mass is 14.9. The molecule has 64 heavy (non-hydrogen) atoms. The van der Waals surface area contributed by atoms with E-state index in [1.165, 1.54) is 0 Å². The van der Waals surface area contributed by atoms with Crippen LogP contribution in [0.3, 0.4) is 0 Å². The second-order valence-corrected chi connectivity index (χ2v) is 15.8. The molecule has 0 saturated heterocycles. The molecule has 0 bridgehead atoms. The van der Waals surface area contributed by atoms with Gasteiger partial charge in [-0.1, -0.05) is 231 Å². The molecule has 0 aliphatic heterocycles. The van der Waals surface area contributed by atoms with Gasteiger partial charge in [-0.2, -0.15) is 0 Å². The topological polar surface area (TPSA) is 51.6 Å². The van der Waals surface area contributed by atoms with Gasteiger partial charge in [0.2, 0.25) is 0 Å². The number of hydrogen-bond acceptors (Lipinski definition) is 4. The van der Waals surface area contributed by atoms with Crippen LogP contribution in [0, 0.1) is 0 Å². The monoisotopic (exact) mass is 816 g/mol. The average Bonchev–Trinajstić information content (AvgIpc) is 3.39. The highest BCUT2D eigenvalue weighted by molar-refractivity contribution is 6.02. The molecule has 0 spiro atoms. The van der Waals surface area contributed by atoms with Crippen LogP contribution in [-0.4, -0.2) is 19.9 Å². The third-order valence-electron chi connectivity index (χ3n) is 11.8. The Hall–Kier alpha value is -8.60. The summed E-state index contributed by atoms with van der Waals surface area (Å²) in [6.45, 7) is 0. The van der Waals surface area contributed by atoms with Crippen molar-refractivity contribution >= 4 is 10.9 Å². The molecule has 0 unspecified atom stereocenters. The minimum Gasteiger partial charge on any atom is -0.228 e. The van der Waals surface area contributed by atoms with Gasteiger partial charge in [0.15, 0.2) is 11.6 Å². The molecule has 0 fully saturated rings. The van der Waals surface area contributed by atoms with Gasteiger partial charge < -0.3 is 0 Å². The number of fused-ring (bicyclic) bond motifs is 1. The maximum atomic E-state index is 5.19. The molecule has 4 heteroatoms. The zero-order chi connectivity index (χ0) is 42.7. The Morgan fingerprint density at radius 1 is 0.234 bits per heavy atom. The lowest BCUT2D eigenvalue weighted by Crippen LogP contribution is -1.97. The maximum absolute atomic E-state index is 5.19. The van der Waals surface area contributed by atoms with E-state index in [4.69, 9.17) is 19.9 Å². The number of benzene rings is 9. The first kappa shape index (κ1) is 38.3. The minimum atomic E-state index is 0.694. The van der Waals surface area contributed by atoms with Gasteiger partial charge in [-0.15, -0.1) is 0 Å². The van der Waals surface area contributed by atoms with Crippen LogP contribution >= 0.6 is 0 Å². The second kappa shape index (κ2) is 17.0. The van der Waals surface area contributed by atoms with E-state index in [0.717, 1.165) is 100 Å². The predicted molar refractivity (Wildman–Crippen MR) is 264 cm³/mol. The van der Waals surface area contributed by atoms with Crippen molar-refractivity contribution in [3.05, 3.63) is 243 Å². The minimum absolute atomic E-state index is 0.694. The molecule has 2 heterocycles. The van der Waals surface area contributed by atoms with E-state index in [-0.39, 0.29) is 0 Å². The first-order valence-electron chi connectivity index (χ1n) is 21.6. The highest BCUT2D eigenvalue weighted by Crippen LogP contribution is 2.46. The maximum Gasteiger partial charge on any atom is 0.160 e. The Balaban J connectivity index is 1.08. The van der Waals surface area contributed by atoms with Crippen molar-refractivity contribution in [3.8, 4) is 101 Å². The Bertz CT molecular complexity index is 3320. The van der Waals surface area contributed by atoms with Crippen molar-refractivity contribution in [3.63, 3.8) is 0 Å². The van der Waals surface area contributed by atoms with Gasteiger partial charge >= 0.3 is 0 Å². The molecule has 0 amide bonds. The molecule has 0 radical (unpaired) electrons. The van der Waals surface area contributed by atoms with E-state index in [9.17, 15) is 0 Å². The van der Waals surface area contributed by atoms with Gasteiger partial charge in [-0.05, 0) is 56.6 Å². The molecular weight excluding hydrogens is 777 g/mol. The molecule has 0 aliphatic carbocycles. The summed E-state index contributed by atoms with van der Waals surface area (Å²) in [7, 11) is 0. The van der Waals surface area contributed by atoms with E-state index >= 15 is 0 Å². The molecule has 11 rings (SSSR count). The molecule has 300 valence electrons. The van der Waals surface area contributed by atoms with Crippen LogP contribution in [0.5, 0.6) is 0 Å². The van der Waals surface area contributed by atoms with E-state index in [1.54, 1.807) is 0 Å². The summed E-state index contributed by atoms with van der Waals surface area (Å²) in [6, 6.07) is 84.8. The van der Waals surface area contributed by atoms with Crippen molar-refractivity contribution in [1.29, 1.82) is 0 Å². The average molecular weight is 817 g/mol. The third kappa shape index (κ3) is 7.55. The molecule has 2 aromatic heterocycles. The molecule has 4 nitrogen and oxygen atoms in total. The molecule has 0 aliphatic rings. The fourth-order valence-corrected chi connectivity index (χ4v) is 8.60. The summed E-state index contributed by atoms with van der Waals surface area (Å²) in [5, 5.41) is 1.02. The van der Waals surface area contributed by atoms with Crippen LogP contribution < -0.4 is 0 Å². The van der Waals surface area contributed by atoms with Crippen molar-refractivity contribution < 1.29 is 0 Å². The number of para-hydroxylation sites is 1. The zero-order valence-corrected chi connectivity index (χ0v) is 34.9. The lowest BCUT2D eigenvalue weighted by Gasteiger charge is -2.21. The summed E-state index contributed by atoms with van der Waals surface area (Å²) < 4.78 is 0. The van der Waals surface area contributed by atoms with Crippen molar-refractivity contribution in [1.82, 2.24) is 19.9 Å². The summed E-state index contributed by atoms with van der Waals surface area (Å²) in [5.74, 6) is 1.40. The van der Waals surface area contributed by atoms with Crippen molar-refractivity contribution in [2.24, 2.45) is 0 Å². The lowest BCUT2D eigenvalue weighted by molar-refractivity contribution is 1.18. The van der Waals surface area contributed by atoms with Gasteiger partial charge in [0.05, 0.1) is 22.6 Å². The predicted octanol–water partition coefficient (Wildman–Crippen LogP) is 15.4. The van der Waals surface area contributed by atoms with Crippen LogP contribution in [-0.2, 0) is 0 Å². The summed E-state index contributed by atoms with van der Waals surface area (Å²) in [6.07, 6.45) is 0. The summed E-state index contributed by atoms with van der Waals surface area (Å²) in [4.78, 5) is 20.3. The van der Waals surface area contributed by atoms with E-state index in [1.807, 2.05) is 60.7 Å². The summed E-state index contributed by atoms with van der Waals surface area (Å²) >= 11 is 0. The molecule has 0 atom stereocenters. The van der Waals surface area contributed by atoms with Crippen LogP contribution in [0.1, 0.15) is 0 Å².